The first-order valence-corrected chi connectivity index (χ1v) is 5.60. The molecule has 18 heavy (non-hydrogen) atoms. The maximum Gasteiger partial charge on any atom is 0.337 e. The van der Waals surface area contributed by atoms with Crippen LogP contribution in [0, 0.1) is 0 Å². The van der Waals surface area contributed by atoms with Crippen molar-refractivity contribution < 1.29 is 19.1 Å². The number of anilines is 1. The Kier molecular flexibility index (Phi) is 3.34. The summed E-state index contributed by atoms with van der Waals surface area (Å²) in [6, 6.07) is 4.45. The number of ketones is 1. The minimum Gasteiger partial charge on any atom is -0.465 e. The van der Waals surface area contributed by atoms with Gasteiger partial charge in [0.15, 0.2) is 5.78 Å². The van der Waals surface area contributed by atoms with E-state index < -0.39 is 5.97 Å². The lowest BCUT2D eigenvalue weighted by atomic mass is 10.2. The monoisotopic (exact) mass is 267 g/mol. The SMILES string of the molecule is COC(=O)c1ccc(N2CC(=O)CC2=O)c(Cl)c1. The second-order valence-electron chi connectivity index (χ2n) is 3.85. The average molecular weight is 268 g/mol. The van der Waals surface area contributed by atoms with Gasteiger partial charge in [-0.2, -0.15) is 0 Å². The van der Waals surface area contributed by atoms with Crippen molar-refractivity contribution in [3.05, 3.63) is 28.8 Å². The largest absolute Gasteiger partial charge is 0.465 e. The van der Waals surface area contributed by atoms with Crippen LogP contribution in [0.2, 0.25) is 5.02 Å². The number of ether oxygens (including phenoxy) is 1. The Morgan fingerprint density at radius 3 is 2.61 bits per heavy atom. The van der Waals surface area contributed by atoms with E-state index in [4.69, 9.17) is 11.6 Å². The highest BCUT2D eigenvalue weighted by molar-refractivity contribution is 6.34. The Morgan fingerprint density at radius 1 is 1.39 bits per heavy atom. The molecule has 0 aliphatic carbocycles. The quantitative estimate of drug-likeness (QED) is 0.601. The normalized spacial score (nSPS) is 15.1. The summed E-state index contributed by atoms with van der Waals surface area (Å²) in [5, 5.41) is 0.237. The molecule has 0 aromatic heterocycles. The van der Waals surface area contributed by atoms with Crippen LogP contribution in [0.25, 0.3) is 0 Å². The van der Waals surface area contributed by atoms with Gasteiger partial charge in [0, 0.05) is 0 Å². The number of halogens is 1. The highest BCUT2D eigenvalue weighted by Crippen LogP contribution is 2.29. The van der Waals surface area contributed by atoms with Gasteiger partial charge >= 0.3 is 5.97 Å². The van der Waals surface area contributed by atoms with Crippen molar-refractivity contribution in [2.24, 2.45) is 0 Å². The molecule has 5 nitrogen and oxygen atoms in total. The molecule has 0 unspecified atom stereocenters. The van der Waals surface area contributed by atoms with Crippen LogP contribution in [0.5, 0.6) is 0 Å². The molecule has 0 saturated carbocycles. The zero-order chi connectivity index (χ0) is 13.3. The highest BCUT2D eigenvalue weighted by atomic mass is 35.5. The smallest absolute Gasteiger partial charge is 0.337 e. The van der Waals surface area contributed by atoms with E-state index in [1.165, 1.54) is 30.2 Å². The van der Waals surface area contributed by atoms with Gasteiger partial charge in [-0.1, -0.05) is 11.6 Å². The van der Waals surface area contributed by atoms with Crippen molar-refractivity contribution in [3.63, 3.8) is 0 Å². The number of hydrogen-bond donors (Lipinski definition) is 0. The fraction of sp³-hybridized carbons (Fsp3) is 0.250. The van der Waals surface area contributed by atoms with Crippen LogP contribution in [-0.4, -0.2) is 31.3 Å². The lowest BCUT2D eigenvalue weighted by Gasteiger charge is -2.16. The van der Waals surface area contributed by atoms with E-state index in [1.54, 1.807) is 0 Å². The van der Waals surface area contributed by atoms with Gasteiger partial charge in [-0.15, -0.1) is 0 Å². The first-order valence-electron chi connectivity index (χ1n) is 5.23. The average Bonchev–Trinajstić information content (AvgIpc) is 2.67. The van der Waals surface area contributed by atoms with Crippen LogP contribution in [-0.2, 0) is 14.3 Å². The highest BCUT2D eigenvalue weighted by Gasteiger charge is 2.30. The maximum absolute atomic E-state index is 11.6. The first kappa shape index (κ1) is 12.6. The van der Waals surface area contributed by atoms with Crippen LogP contribution in [0.3, 0.4) is 0 Å². The maximum atomic E-state index is 11.6. The number of hydrogen-bond acceptors (Lipinski definition) is 4. The first-order chi connectivity index (χ1) is 8.52. The fourth-order valence-corrected chi connectivity index (χ4v) is 2.06. The third kappa shape index (κ3) is 2.22. The Bertz CT molecular complexity index is 541. The van der Waals surface area contributed by atoms with Gasteiger partial charge in [0.1, 0.15) is 0 Å². The molecule has 1 heterocycles. The molecule has 6 heteroatoms. The van der Waals surface area contributed by atoms with Gasteiger partial charge in [0.05, 0.1) is 36.3 Å². The predicted octanol–water partition coefficient (Wildman–Crippen LogP) is 1.43. The summed E-state index contributed by atoms with van der Waals surface area (Å²) < 4.78 is 4.56. The van der Waals surface area contributed by atoms with E-state index in [9.17, 15) is 14.4 Å². The summed E-state index contributed by atoms with van der Waals surface area (Å²) >= 11 is 6.01. The van der Waals surface area contributed by atoms with Gasteiger partial charge < -0.3 is 9.64 Å². The Hall–Kier alpha value is -1.88. The van der Waals surface area contributed by atoms with E-state index in [-0.39, 0.29) is 29.7 Å². The standard InChI is InChI=1S/C12H10ClNO4/c1-18-12(17)7-2-3-10(9(13)4-7)14-6-8(15)5-11(14)16/h2-4H,5-6H2,1H3. The molecule has 0 atom stereocenters. The number of nitrogens with zero attached hydrogens (tertiary/aromatic N) is 1. The van der Waals surface area contributed by atoms with E-state index in [2.05, 4.69) is 4.74 Å². The Balaban J connectivity index is 2.33. The van der Waals surface area contributed by atoms with Crippen molar-refractivity contribution in [2.75, 3.05) is 18.6 Å². The summed E-state index contributed by atoms with van der Waals surface area (Å²) in [7, 11) is 1.27. The molecule has 1 amide bonds. The van der Waals surface area contributed by atoms with E-state index >= 15 is 0 Å². The summed E-state index contributed by atoms with van der Waals surface area (Å²) in [6.07, 6.45) is -0.102. The lowest BCUT2D eigenvalue weighted by Crippen LogP contribution is -2.24. The summed E-state index contributed by atoms with van der Waals surface area (Å²) in [6.45, 7) is 0.0239. The number of rotatable bonds is 2. The van der Waals surface area contributed by atoms with Crippen LogP contribution in [0.4, 0.5) is 5.69 Å². The van der Waals surface area contributed by atoms with Gasteiger partial charge in [-0.3, -0.25) is 9.59 Å². The molecule has 1 aromatic carbocycles. The molecular formula is C12H10ClNO4. The second kappa shape index (κ2) is 4.78. The van der Waals surface area contributed by atoms with Gasteiger partial charge in [0.2, 0.25) is 5.91 Å². The fourth-order valence-electron chi connectivity index (χ4n) is 1.77. The van der Waals surface area contributed by atoms with Crippen molar-refractivity contribution in [1.82, 2.24) is 0 Å². The third-order valence-corrected chi connectivity index (χ3v) is 2.95. The lowest BCUT2D eigenvalue weighted by molar-refractivity contribution is -0.121. The molecule has 1 aliphatic rings. The number of carbonyl (C=O) groups is 3. The van der Waals surface area contributed by atoms with E-state index in [1.807, 2.05) is 0 Å². The van der Waals surface area contributed by atoms with Crippen LogP contribution >= 0.6 is 11.6 Å². The number of benzene rings is 1. The Labute approximate surface area is 108 Å². The molecule has 94 valence electrons. The van der Waals surface area contributed by atoms with Crippen molar-refractivity contribution in [2.45, 2.75) is 6.42 Å². The van der Waals surface area contributed by atoms with Crippen molar-refractivity contribution >= 4 is 34.9 Å². The zero-order valence-corrected chi connectivity index (χ0v) is 10.4. The second-order valence-corrected chi connectivity index (χ2v) is 4.26. The minimum absolute atomic E-state index is 0.0239. The molecule has 0 radical (unpaired) electrons. The molecule has 0 bridgehead atoms. The molecule has 1 aliphatic heterocycles. The van der Waals surface area contributed by atoms with Gasteiger partial charge in [-0.25, -0.2) is 4.79 Å². The van der Waals surface area contributed by atoms with Crippen molar-refractivity contribution in [1.29, 1.82) is 0 Å². The zero-order valence-electron chi connectivity index (χ0n) is 9.60. The van der Waals surface area contributed by atoms with Crippen molar-refractivity contribution in [3.8, 4) is 0 Å². The van der Waals surface area contributed by atoms with Gasteiger partial charge in [-0.05, 0) is 18.2 Å². The number of carbonyl (C=O) groups excluding carboxylic acids is 3. The van der Waals surface area contributed by atoms with E-state index in [0.29, 0.717) is 11.3 Å². The molecule has 0 N–H and O–H groups in total. The molecule has 1 aromatic rings. The number of methoxy groups -OCH3 is 1. The third-order valence-electron chi connectivity index (χ3n) is 2.64. The minimum atomic E-state index is -0.507. The topological polar surface area (TPSA) is 63.7 Å². The molecule has 2 rings (SSSR count). The molecule has 1 saturated heterocycles. The van der Waals surface area contributed by atoms with Crippen LogP contribution in [0.15, 0.2) is 18.2 Å². The number of amides is 1. The number of Topliss-reactive ketones (excluding diaryl/α,β-unsaturated/α-hetero) is 1. The molecule has 1 fully saturated rings. The Morgan fingerprint density at radius 2 is 2.11 bits per heavy atom. The summed E-state index contributed by atoms with van der Waals surface area (Å²) in [5.41, 5.74) is 0.726. The molecular weight excluding hydrogens is 258 g/mol. The number of esters is 1. The summed E-state index contributed by atoms with van der Waals surface area (Å²) in [5.74, 6) is -0.937. The van der Waals surface area contributed by atoms with Gasteiger partial charge in [0.25, 0.3) is 0 Å². The van der Waals surface area contributed by atoms with Crippen LogP contribution in [0.1, 0.15) is 16.8 Å². The molecule has 0 spiro atoms. The van der Waals surface area contributed by atoms with Crippen LogP contribution < -0.4 is 4.90 Å². The van der Waals surface area contributed by atoms with E-state index in [0.717, 1.165) is 0 Å². The summed E-state index contributed by atoms with van der Waals surface area (Å²) in [4.78, 5) is 35.4. The predicted molar refractivity (Wildman–Crippen MR) is 64.8 cm³/mol.